The number of aliphatic hydroxyl groups is 1. The number of carbonyl (C=O) groups excluding carboxylic acids is 1. The summed E-state index contributed by atoms with van der Waals surface area (Å²) in [7, 11) is 0. The van der Waals surface area contributed by atoms with Crippen LogP contribution in [0.2, 0.25) is 0 Å². The minimum absolute atomic E-state index is 0.596. The first-order valence-electron chi connectivity index (χ1n) is 4.05. The van der Waals surface area contributed by atoms with E-state index in [0.717, 1.165) is 12.2 Å². The van der Waals surface area contributed by atoms with Gasteiger partial charge in [-0.25, -0.2) is 0 Å². The number of halogens is 1. The molecule has 4 nitrogen and oxygen atoms in total. The van der Waals surface area contributed by atoms with Crippen molar-refractivity contribution in [2.45, 2.75) is 24.5 Å². The predicted molar refractivity (Wildman–Crippen MR) is 53.5 cm³/mol. The molecule has 0 spiro atoms. The largest absolute Gasteiger partial charge is 0.381 e. The van der Waals surface area contributed by atoms with Crippen LogP contribution in [0.5, 0.6) is 0 Å². The molecule has 4 N–H and O–H groups in total. The zero-order valence-electron chi connectivity index (χ0n) is 7.12. The van der Waals surface area contributed by atoms with E-state index in [4.69, 9.17) is 17.5 Å². The summed E-state index contributed by atoms with van der Waals surface area (Å²) in [4.78, 5) is 12.9. The number of thioether (sulfide) groups is 1. The van der Waals surface area contributed by atoms with Crippen LogP contribution in [0, 0.1) is 0 Å². The van der Waals surface area contributed by atoms with Gasteiger partial charge in [0.1, 0.15) is 0 Å². The molecule has 0 bridgehead atoms. The van der Waals surface area contributed by atoms with Crippen molar-refractivity contribution in [3.63, 3.8) is 0 Å². The van der Waals surface area contributed by atoms with Gasteiger partial charge in [0.15, 0.2) is 6.10 Å². The minimum Gasteiger partial charge on any atom is -0.381 e. The Bertz CT molecular complexity index is 197. The normalized spacial score (nSPS) is 31.0. The highest BCUT2D eigenvalue weighted by atomic mass is 35.5. The van der Waals surface area contributed by atoms with E-state index in [1.165, 1.54) is 0 Å². The number of nitrogens with one attached hydrogen (secondary N) is 1. The van der Waals surface area contributed by atoms with Gasteiger partial charge in [-0.05, 0) is 18.6 Å². The molecule has 2 atom stereocenters. The fourth-order valence-corrected chi connectivity index (χ4v) is 2.64. The molecule has 0 aliphatic carbocycles. The Hall–Kier alpha value is 0.0300. The van der Waals surface area contributed by atoms with Crippen LogP contribution in [0.3, 0.4) is 0 Å². The molecular formula is C7H13ClN2O2S. The molecule has 0 radical (unpaired) electrons. The minimum atomic E-state index is -1.21. The van der Waals surface area contributed by atoms with E-state index in [1.807, 2.05) is 4.84 Å². The quantitative estimate of drug-likeness (QED) is 0.570. The van der Waals surface area contributed by atoms with E-state index in [1.54, 1.807) is 11.8 Å². The van der Waals surface area contributed by atoms with Crippen LogP contribution in [0.25, 0.3) is 0 Å². The summed E-state index contributed by atoms with van der Waals surface area (Å²) in [5, 5.41) is 9.57. The van der Waals surface area contributed by atoms with Crippen molar-refractivity contribution in [3.05, 3.63) is 0 Å². The molecule has 0 aromatic rings. The maximum Gasteiger partial charge on any atom is 0.265 e. The fourth-order valence-electron chi connectivity index (χ4n) is 1.37. The number of nitrogens with two attached hydrogens (primary N) is 1. The molecule has 13 heavy (non-hydrogen) atoms. The molecular weight excluding hydrogens is 212 g/mol. The standard InChI is InChI=1S/C7H13ClN2O2S/c8-10-6(12)5(11)7(9)2-1-3-13-4-7/h5,11H,1-4,9H2,(H,10,12). The lowest BCUT2D eigenvalue weighted by atomic mass is 9.90. The fraction of sp³-hybridized carbons (Fsp3) is 0.857. The molecule has 1 saturated heterocycles. The highest BCUT2D eigenvalue weighted by molar-refractivity contribution is 7.99. The number of carbonyl (C=O) groups is 1. The van der Waals surface area contributed by atoms with E-state index in [2.05, 4.69) is 0 Å². The van der Waals surface area contributed by atoms with Gasteiger partial charge in [-0.15, -0.1) is 0 Å². The lowest BCUT2D eigenvalue weighted by Crippen LogP contribution is -2.59. The molecule has 1 rings (SSSR count). The van der Waals surface area contributed by atoms with E-state index >= 15 is 0 Å². The summed E-state index contributed by atoms with van der Waals surface area (Å²) in [6.45, 7) is 0. The summed E-state index contributed by atoms with van der Waals surface area (Å²) >= 11 is 6.76. The Morgan fingerprint density at radius 1 is 1.77 bits per heavy atom. The van der Waals surface area contributed by atoms with Crippen molar-refractivity contribution < 1.29 is 9.90 Å². The Labute approximate surface area is 86.3 Å². The number of rotatable bonds is 2. The first-order chi connectivity index (χ1) is 6.10. The SMILES string of the molecule is NC1(C(O)C(=O)NCl)CCCSC1. The number of hydrogen-bond donors (Lipinski definition) is 3. The summed E-state index contributed by atoms with van der Waals surface area (Å²) in [6.07, 6.45) is 0.372. The van der Waals surface area contributed by atoms with Crippen molar-refractivity contribution in [3.8, 4) is 0 Å². The van der Waals surface area contributed by atoms with Gasteiger partial charge in [0.25, 0.3) is 5.91 Å². The maximum absolute atomic E-state index is 11.0. The first-order valence-corrected chi connectivity index (χ1v) is 5.58. The van der Waals surface area contributed by atoms with Crippen LogP contribution in [-0.2, 0) is 4.79 Å². The monoisotopic (exact) mass is 224 g/mol. The van der Waals surface area contributed by atoms with E-state index < -0.39 is 17.6 Å². The van der Waals surface area contributed by atoms with Crippen molar-refractivity contribution in [1.29, 1.82) is 0 Å². The second kappa shape index (κ2) is 4.50. The van der Waals surface area contributed by atoms with Crippen molar-refractivity contribution >= 4 is 29.4 Å². The number of aliphatic hydroxyl groups excluding tert-OH is 1. The van der Waals surface area contributed by atoms with E-state index in [-0.39, 0.29) is 0 Å². The van der Waals surface area contributed by atoms with Gasteiger partial charge in [0.05, 0.1) is 5.54 Å². The van der Waals surface area contributed by atoms with Crippen molar-refractivity contribution in [2.75, 3.05) is 11.5 Å². The van der Waals surface area contributed by atoms with Crippen LogP contribution in [0.15, 0.2) is 0 Å². The second-order valence-corrected chi connectivity index (χ2v) is 4.54. The highest BCUT2D eigenvalue weighted by Crippen LogP contribution is 2.27. The van der Waals surface area contributed by atoms with Gasteiger partial charge >= 0.3 is 0 Å². The topological polar surface area (TPSA) is 75.3 Å². The van der Waals surface area contributed by atoms with Gasteiger partial charge in [-0.2, -0.15) is 11.8 Å². The summed E-state index contributed by atoms with van der Waals surface area (Å²) in [6, 6.07) is 0. The number of hydrogen-bond acceptors (Lipinski definition) is 4. The predicted octanol–water partition coefficient (Wildman–Crippen LogP) is -0.158. The van der Waals surface area contributed by atoms with Gasteiger partial charge in [-0.1, -0.05) is 0 Å². The molecule has 0 aromatic heterocycles. The maximum atomic E-state index is 11.0. The molecule has 0 saturated carbocycles. The first kappa shape index (κ1) is 11.1. The van der Waals surface area contributed by atoms with E-state index in [0.29, 0.717) is 12.2 Å². The average Bonchev–Trinajstić information content (AvgIpc) is 2.16. The molecule has 1 heterocycles. The van der Waals surface area contributed by atoms with Crippen LogP contribution in [-0.4, -0.2) is 34.2 Å². The van der Waals surface area contributed by atoms with Crippen LogP contribution < -0.4 is 10.6 Å². The smallest absolute Gasteiger partial charge is 0.265 e. The molecule has 1 amide bonds. The van der Waals surface area contributed by atoms with Crippen LogP contribution in [0.1, 0.15) is 12.8 Å². The lowest BCUT2D eigenvalue weighted by Gasteiger charge is -2.35. The zero-order valence-corrected chi connectivity index (χ0v) is 8.70. The highest BCUT2D eigenvalue weighted by Gasteiger charge is 2.39. The molecule has 2 unspecified atom stereocenters. The Balaban J connectivity index is 2.61. The Kier molecular flexibility index (Phi) is 3.85. The third-order valence-corrected chi connectivity index (χ3v) is 3.69. The summed E-state index contributed by atoms with van der Waals surface area (Å²) in [5.41, 5.74) is 5.07. The third-order valence-electron chi connectivity index (χ3n) is 2.19. The average molecular weight is 225 g/mol. The van der Waals surface area contributed by atoms with Crippen molar-refractivity contribution in [1.82, 2.24) is 4.84 Å². The Morgan fingerprint density at radius 3 is 2.92 bits per heavy atom. The van der Waals surface area contributed by atoms with Crippen molar-refractivity contribution in [2.24, 2.45) is 5.73 Å². The summed E-state index contributed by atoms with van der Waals surface area (Å²) < 4.78 is 0. The molecule has 1 fully saturated rings. The van der Waals surface area contributed by atoms with Gasteiger partial charge < -0.3 is 10.8 Å². The van der Waals surface area contributed by atoms with Gasteiger partial charge in [-0.3, -0.25) is 9.63 Å². The lowest BCUT2D eigenvalue weighted by molar-refractivity contribution is -0.130. The van der Waals surface area contributed by atoms with Crippen LogP contribution in [0.4, 0.5) is 0 Å². The molecule has 76 valence electrons. The second-order valence-electron chi connectivity index (χ2n) is 3.25. The van der Waals surface area contributed by atoms with Crippen LogP contribution >= 0.6 is 23.5 Å². The molecule has 1 aliphatic rings. The third kappa shape index (κ3) is 2.49. The van der Waals surface area contributed by atoms with Gasteiger partial charge in [0, 0.05) is 17.5 Å². The Morgan fingerprint density at radius 2 is 2.46 bits per heavy atom. The molecule has 1 aliphatic heterocycles. The van der Waals surface area contributed by atoms with Gasteiger partial charge in [0.2, 0.25) is 0 Å². The molecule has 6 heteroatoms. The summed E-state index contributed by atoms with van der Waals surface area (Å²) in [5.74, 6) is 1.01. The zero-order chi connectivity index (χ0) is 9.90. The van der Waals surface area contributed by atoms with E-state index in [9.17, 15) is 9.90 Å². The molecule has 0 aromatic carbocycles. The number of amides is 1.